The van der Waals surface area contributed by atoms with E-state index in [9.17, 15) is 0 Å². The number of terminal acetylenes is 2. The summed E-state index contributed by atoms with van der Waals surface area (Å²) < 4.78 is 0. The van der Waals surface area contributed by atoms with Gasteiger partial charge in [0.2, 0.25) is 0 Å². The van der Waals surface area contributed by atoms with Gasteiger partial charge in [-0.3, -0.25) is 0 Å². The molecule has 0 saturated heterocycles. The van der Waals surface area contributed by atoms with E-state index in [1.54, 1.807) is 0 Å². The number of hydrogen-bond acceptors (Lipinski definition) is 0. The van der Waals surface area contributed by atoms with Crippen LogP contribution < -0.4 is 0 Å². The van der Waals surface area contributed by atoms with Crippen LogP contribution in [0, 0.1) is 24.7 Å². The Morgan fingerprint density at radius 3 is 0.405 bits per heavy atom. The maximum absolute atomic E-state index is 5.29. The van der Waals surface area contributed by atoms with Crippen LogP contribution >= 0.6 is 0 Å². The molecule has 0 heteroatoms. The van der Waals surface area contributed by atoms with Crippen LogP contribution in [0.1, 0.15) is 212 Å². The van der Waals surface area contributed by atoms with Gasteiger partial charge in [-0.1, -0.05) is 186 Å². The molecule has 0 aliphatic rings. The molecule has 0 N–H and O–H groups in total. The zero-order valence-corrected chi connectivity index (χ0v) is 25.5. The van der Waals surface area contributed by atoms with Crippen LogP contribution in [0.5, 0.6) is 0 Å². The quantitative estimate of drug-likeness (QED) is 0.0621. The second-order valence-electron chi connectivity index (χ2n) is 11.9. The minimum absolute atomic E-state index is 0.969. The van der Waals surface area contributed by atoms with Crippen LogP contribution in [0.2, 0.25) is 0 Å². The summed E-state index contributed by atoms with van der Waals surface area (Å²) in [5.74, 6) is 5.48. The molecule has 0 nitrogen and oxygen atoms in total. The largest absolute Gasteiger partial charge is 0.120 e. The molecule has 37 heavy (non-hydrogen) atoms. The van der Waals surface area contributed by atoms with Crippen LogP contribution in [-0.4, -0.2) is 0 Å². The van der Waals surface area contributed by atoms with Gasteiger partial charge in [0.25, 0.3) is 0 Å². The lowest BCUT2D eigenvalue weighted by Gasteiger charge is -2.04. The zero-order chi connectivity index (χ0) is 26.7. The number of unbranched alkanes of at least 4 members (excludes halogenated alkanes) is 32. The van der Waals surface area contributed by atoms with E-state index in [1.165, 1.54) is 199 Å². The van der Waals surface area contributed by atoms with Crippen LogP contribution in [0.15, 0.2) is 0 Å². The third-order valence-corrected chi connectivity index (χ3v) is 8.14. The SMILES string of the molecule is C#CCCCCCCCCCCCCCCCCCCCCCCCCCCCCCCCCCC#C. The lowest BCUT2D eigenvalue weighted by molar-refractivity contribution is 0.512. The lowest BCUT2D eigenvalue weighted by Crippen LogP contribution is -1.85. The number of hydrogen-bond donors (Lipinski definition) is 0. The van der Waals surface area contributed by atoms with Crippen molar-refractivity contribution in [2.24, 2.45) is 0 Å². The third-order valence-electron chi connectivity index (χ3n) is 8.14. The highest BCUT2D eigenvalue weighted by Gasteiger charge is 1.97. The molecule has 0 aromatic rings. The second-order valence-corrected chi connectivity index (χ2v) is 11.9. The van der Waals surface area contributed by atoms with Crippen molar-refractivity contribution in [2.75, 3.05) is 0 Å². The van der Waals surface area contributed by atoms with Crippen molar-refractivity contribution in [1.29, 1.82) is 0 Å². The van der Waals surface area contributed by atoms with Crippen molar-refractivity contribution in [3.05, 3.63) is 0 Å². The molecule has 0 amide bonds. The summed E-state index contributed by atoms with van der Waals surface area (Å²) >= 11 is 0. The van der Waals surface area contributed by atoms with Gasteiger partial charge in [0, 0.05) is 12.8 Å². The highest BCUT2D eigenvalue weighted by molar-refractivity contribution is 4.83. The van der Waals surface area contributed by atoms with Crippen LogP contribution in [0.3, 0.4) is 0 Å². The molecule has 0 aliphatic carbocycles. The van der Waals surface area contributed by atoms with E-state index in [-0.39, 0.29) is 0 Å². The Labute approximate surface area is 236 Å². The van der Waals surface area contributed by atoms with Gasteiger partial charge in [-0.05, 0) is 12.8 Å². The van der Waals surface area contributed by atoms with Gasteiger partial charge in [0.1, 0.15) is 0 Å². The Morgan fingerprint density at radius 1 is 0.189 bits per heavy atom. The summed E-state index contributed by atoms with van der Waals surface area (Å²) in [6.45, 7) is 0. The van der Waals surface area contributed by atoms with E-state index in [1.807, 2.05) is 0 Å². The first kappa shape index (κ1) is 36.1. The molecule has 0 aliphatic heterocycles. The summed E-state index contributed by atoms with van der Waals surface area (Å²) in [6.07, 6.45) is 57.0. The molecule has 0 saturated carbocycles. The Morgan fingerprint density at radius 2 is 0.297 bits per heavy atom. The molecule has 0 bridgehead atoms. The maximum Gasteiger partial charge on any atom is 0.00860 e. The molecule has 0 radical (unpaired) electrons. The van der Waals surface area contributed by atoms with Gasteiger partial charge >= 0.3 is 0 Å². The number of rotatable bonds is 32. The standard InChI is InChI=1S/C37H68/c1-3-5-7-9-11-13-15-17-19-21-23-25-27-29-31-33-35-37-36-34-32-30-28-26-24-22-20-18-16-14-12-10-8-6-4-2/h1-2H,5-37H2. The van der Waals surface area contributed by atoms with Crippen molar-refractivity contribution in [2.45, 2.75) is 212 Å². The van der Waals surface area contributed by atoms with E-state index in [0.717, 1.165) is 12.8 Å². The fourth-order valence-electron chi connectivity index (χ4n) is 5.58. The second kappa shape index (κ2) is 35.1. The monoisotopic (exact) mass is 513 g/mol. The normalized spacial score (nSPS) is 11.0. The summed E-state index contributed by atoms with van der Waals surface area (Å²) in [5.41, 5.74) is 0. The molecular weight excluding hydrogens is 444 g/mol. The minimum Gasteiger partial charge on any atom is -0.120 e. The Hall–Kier alpha value is -0.880. The summed E-state index contributed by atoms with van der Waals surface area (Å²) in [6, 6.07) is 0. The molecule has 0 unspecified atom stereocenters. The van der Waals surface area contributed by atoms with Gasteiger partial charge in [-0.25, -0.2) is 0 Å². The zero-order valence-electron chi connectivity index (χ0n) is 25.5. The van der Waals surface area contributed by atoms with Gasteiger partial charge in [0.15, 0.2) is 0 Å². The minimum atomic E-state index is 0.969. The first-order valence-electron chi connectivity index (χ1n) is 17.3. The van der Waals surface area contributed by atoms with Crippen LogP contribution in [0.25, 0.3) is 0 Å². The molecule has 0 spiro atoms. The first-order valence-corrected chi connectivity index (χ1v) is 17.3. The highest BCUT2D eigenvalue weighted by Crippen LogP contribution is 2.16. The Balaban J connectivity index is 3.02. The molecule has 0 atom stereocenters. The van der Waals surface area contributed by atoms with Crippen molar-refractivity contribution in [1.82, 2.24) is 0 Å². The van der Waals surface area contributed by atoms with E-state index in [2.05, 4.69) is 11.8 Å². The molecule has 0 aromatic carbocycles. The summed E-state index contributed by atoms with van der Waals surface area (Å²) in [5, 5.41) is 0. The lowest BCUT2D eigenvalue weighted by atomic mass is 10.0. The average Bonchev–Trinajstić information content (AvgIpc) is 2.91. The van der Waals surface area contributed by atoms with Crippen LogP contribution in [-0.2, 0) is 0 Å². The first-order chi connectivity index (χ1) is 18.4. The fraction of sp³-hybridized carbons (Fsp3) is 0.892. The van der Waals surface area contributed by atoms with E-state index >= 15 is 0 Å². The van der Waals surface area contributed by atoms with Gasteiger partial charge in [0.05, 0.1) is 0 Å². The molecule has 0 aromatic heterocycles. The smallest absolute Gasteiger partial charge is 0.00860 e. The van der Waals surface area contributed by atoms with E-state index in [4.69, 9.17) is 12.8 Å². The molecule has 216 valence electrons. The van der Waals surface area contributed by atoms with Crippen molar-refractivity contribution < 1.29 is 0 Å². The average molecular weight is 513 g/mol. The predicted octanol–water partition coefficient (Wildman–Crippen LogP) is 13.1. The van der Waals surface area contributed by atoms with E-state index in [0.29, 0.717) is 0 Å². The third kappa shape index (κ3) is 35.1. The van der Waals surface area contributed by atoms with Crippen molar-refractivity contribution >= 4 is 0 Å². The summed E-state index contributed by atoms with van der Waals surface area (Å²) in [4.78, 5) is 0. The van der Waals surface area contributed by atoms with Crippen molar-refractivity contribution in [3.8, 4) is 24.7 Å². The maximum atomic E-state index is 5.29. The van der Waals surface area contributed by atoms with Crippen molar-refractivity contribution in [3.63, 3.8) is 0 Å². The van der Waals surface area contributed by atoms with Gasteiger partial charge < -0.3 is 0 Å². The topological polar surface area (TPSA) is 0 Å². The van der Waals surface area contributed by atoms with E-state index < -0.39 is 0 Å². The molecule has 0 rings (SSSR count). The Kier molecular flexibility index (Phi) is 34.3. The summed E-state index contributed by atoms with van der Waals surface area (Å²) in [7, 11) is 0. The van der Waals surface area contributed by atoms with Crippen LogP contribution in [0.4, 0.5) is 0 Å². The highest BCUT2D eigenvalue weighted by atomic mass is 14.0. The molecule has 0 fully saturated rings. The molecular formula is C37H68. The predicted molar refractivity (Wildman–Crippen MR) is 170 cm³/mol. The van der Waals surface area contributed by atoms with Gasteiger partial charge in [-0.2, -0.15) is 0 Å². The van der Waals surface area contributed by atoms with Gasteiger partial charge in [-0.15, -0.1) is 24.7 Å². The Bertz CT molecular complexity index is 431. The fourth-order valence-corrected chi connectivity index (χ4v) is 5.58. The molecule has 0 heterocycles.